The smallest absolute Gasteiger partial charge is 0.408 e. The maximum absolute atomic E-state index is 13.9. The molecule has 6 amide bonds. The van der Waals surface area contributed by atoms with Crippen molar-refractivity contribution in [2.45, 2.75) is 82.8 Å². The number of fused-ring (bicyclic) bond motifs is 2. The molecule has 272 valence electrons. The van der Waals surface area contributed by atoms with Crippen LogP contribution in [0.1, 0.15) is 51.6 Å². The number of benzene rings is 2. The highest BCUT2D eigenvalue weighted by atomic mass is 16.4. The first-order valence-corrected chi connectivity index (χ1v) is 16.9. The van der Waals surface area contributed by atoms with E-state index in [2.05, 4.69) is 26.6 Å². The van der Waals surface area contributed by atoms with Crippen LogP contribution in [-0.4, -0.2) is 93.4 Å². The van der Waals surface area contributed by atoms with Crippen LogP contribution in [-0.2, 0) is 35.3 Å². The van der Waals surface area contributed by atoms with Gasteiger partial charge in [-0.25, -0.2) is 4.79 Å². The zero-order valence-corrected chi connectivity index (χ0v) is 28.6. The van der Waals surface area contributed by atoms with Gasteiger partial charge in [-0.1, -0.05) is 56.3 Å². The monoisotopic (exact) mass is 705 g/mol. The summed E-state index contributed by atoms with van der Waals surface area (Å²) >= 11 is 0. The van der Waals surface area contributed by atoms with Gasteiger partial charge in [0.25, 0.3) is 0 Å². The zero-order chi connectivity index (χ0) is 36.8. The summed E-state index contributed by atoms with van der Waals surface area (Å²) in [6.07, 6.45) is -0.0795. The Morgan fingerprint density at radius 1 is 0.902 bits per heavy atom. The van der Waals surface area contributed by atoms with E-state index in [1.165, 1.54) is 6.92 Å². The summed E-state index contributed by atoms with van der Waals surface area (Å²) in [5, 5.41) is 23.7. The molecule has 0 bridgehead atoms. The van der Waals surface area contributed by atoms with Crippen molar-refractivity contribution in [1.29, 1.82) is 0 Å². The number of oxazole rings is 1. The Labute approximate surface area is 293 Å². The van der Waals surface area contributed by atoms with Gasteiger partial charge in [-0.15, -0.1) is 0 Å². The number of hydrogen-bond acceptors (Lipinski definition) is 9. The maximum Gasteiger partial charge on any atom is 0.420 e. The summed E-state index contributed by atoms with van der Waals surface area (Å²) in [5.74, 6) is -4.72. The number of para-hydroxylation sites is 2. The first-order valence-electron chi connectivity index (χ1n) is 16.9. The highest BCUT2D eigenvalue weighted by Gasteiger charge is 2.43. The first kappa shape index (κ1) is 36.8. The number of nitrogens with one attached hydrogen (secondary N) is 5. The topological polar surface area (TPSA) is 221 Å². The van der Waals surface area contributed by atoms with Crippen LogP contribution in [0.2, 0.25) is 0 Å². The minimum absolute atomic E-state index is 0.0488. The van der Waals surface area contributed by atoms with E-state index in [0.29, 0.717) is 16.7 Å². The average Bonchev–Trinajstić information content (AvgIpc) is 3.66. The molecule has 51 heavy (non-hydrogen) atoms. The number of aliphatic hydroxyl groups excluding tert-OH is 1. The summed E-state index contributed by atoms with van der Waals surface area (Å²) in [5.41, 5.74) is 1.35. The summed E-state index contributed by atoms with van der Waals surface area (Å²) in [7, 11) is 0. The standard InChI is InChI=1S/C35H43N7O9/c1-19(2)13-24-32(47)40-25(18-43)34(49)41-16-22(37-30(45)17-42-26-11-7-8-12-28(26)51-35(42)50)14-27(41)33(48)36-20(3)31(46)39-23(15-29(44)38-24)21-9-5-4-6-10-21/h4-12,19-20,22-25,27,43H,13-18H2,1-3H3,(H,36,48)(H,37,45)(H,38,44)(H,39,46)(H,40,47)/t20-,22-,23+,24-,25+,27-/m0/s1. The molecule has 6 N–H and O–H groups in total. The second-order valence-corrected chi connectivity index (χ2v) is 13.3. The second-order valence-electron chi connectivity index (χ2n) is 13.3. The van der Waals surface area contributed by atoms with E-state index in [4.69, 9.17) is 4.42 Å². The molecule has 0 radical (unpaired) electrons. The summed E-state index contributed by atoms with van der Waals surface area (Å²) < 4.78 is 6.36. The van der Waals surface area contributed by atoms with Gasteiger partial charge in [0.05, 0.1) is 24.6 Å². The predicted octanol–water partition coefficient (Wildman–Crippen LogP) is -0.546. The second kappa shape index (κ2) is 16.0. The van der Waals surface area contributed by atoms with Gasteiger partial charge in [0, 0.05) is 12.6 Å². The van der Waals surface area contributed by atoms with Crippen molar-refractivity contribution < 1.29 is 38.3 Å². The average molecular weight is 706 g/mol. The number of rotatable bonds is 7. The summed E-state index contributed by atoms with van der Waals surface area (Å²) in [4.78, 5) is 94.6. The Bertz CT molecular complexity index is 1840. The fraction of sp³-hybridized carbons (Fsp3) is 0.457. The Morgan fingerprint density at radius 2 is 1.61 bits per heavy atom. The van der Waals surface area contributed by atoms with Crippen LogP contribution in [0.4, 0.5) is 0 Å². The minimum Gasteiger partial charge on any atom is -0.408 e. The number of aromatic nitrogens is 1. The Hall–Kier alpha value is -5.51. The van der Waals surface area contributed by atoms with Crippen LogP contribution in [0.15, 0.2) is 63.8 Å². The lowest BCUT2D eigenvalue weighted by molar-refractivity contribution is -0.143. The Morgan fingerprint density at radius 3 is 2.31 bits per heavy atom. The van der Waals surface area contributed by atoms with E-state index in [-0.39, 0.29) is 31.7 Å². The largest absolute Gasteiger partial charge is 0.420 e. The number of hydrogen-bond donors (Lipinski definition) is 6. The van der Waals surface area contributed by atoms with Crippen molar-refractivity contribution in [2.24, 2.45) is 5.92 Å². The highest BCUT2D eigenvalue weighted by molar-refractivity contribution is 5.96. The molecule has 2 fully saturated rings. The van der Waals surface area contributed by atoms with Crippen LogP contribution in [0.3, 0.4) is 0 Å². The molecule has 3 heterocycles. The lowest BCUT2D eigenvalue weighted by Gasteiger charge is -2.30. The molecule has 2 saturated heterocycles. The van der Waals surface area contributed by atoms with Crippen LogP contribution < -0.4 is 32.3 Å². The third-order valence-electron chi connectivity index (χ3n) is 8.94. The number of amides is 6. The minimum atomic E-state index is -1.49. The molecule has 16 nitrogen and oxygen atoms in total. The molecule has 0 aliphatic carbocycles. The van der Waals surface area contributed by atoms with Gasteiger partial charge < -0.3 is 41.0 Å². The quantitative estimate of drug-likeness (QED) is 0.186. The number of nitrogens with zero attached hydrogens (tertiary/aromatic N) is 2. The predicted molar refractivity (Wildman–Crippen MR) is 182 cm³/mol. The molecule has 16 heteroatoms. The fourth-order valence-electron chi connectivity index (χ4n) is 6.42. The van der Waals surface area contributed by atoms with Gasteiger partial charge >= 0.3 is 5.76 Å². The number of carbonyl (C=O) groups is 6. The van der Waals surface area contributed by atoms with Crippen molar-refractivity contribution in [2.75, 3.05) is 13.2 Å². The van der Waals surface area contributed by atoms with Gasteiger partial charge in [-0.2, -0.15) is 0 Å². The van der Waals surface area contributed by atoms with Gasteiger partial charge in [0.1, 0.15) is 30.7 Å². The lowest BCUT2D eigenvalue weighted by atomic mass is 10.00. The molecule has 2 aromatic carbocycles. The van der Waals surface area contributed by atoms with Crippen molar-refractivity contribution >= 4 is 46.5 Å². The lowest BCUT2D eigenvalue weighted by Crippen LogP contribution is -2.59. The molecule has 5 rings (SSSR count). The molecule has 2 aliphatic heterocycles. The van der Waals surface area contributed by atoms with Crippen molar-refractivity contribution in [1.82, 2.24) is 36.1 Å². The van der Waals surface area contributed by atoms with E-state index >= 15 is 0 Å². The Kier molecular flexibility index (Phi) is 11.5. The van der Waals surface area contributed by atoms with Crippen LogP contribution >= 0.6 is 0 Å². The molecule has 1 aromatic heterocycles. The molecule has 0 unspecified atom stereocenters. The van der Waals surface area contributed by atoms with E-state index in [1.807, 2.05) is 13.8 Å². The van der Waals surface area contributed by atoms with E-state index in [0.717, 1.165) is 9.47 Å². The van der Waals surface area contributed by atoms with Gasteiger partial charge in [0.2, 0.25) is 35.4 Å². The van der Waals surface area contributed by atoms with Gasteiger partial charge in [0.15, 0.2) is 5.58 Å². The third kappa shape index (κ3) is 8.81. The summed E-state index contributed by atoms with van der Waals surface area (Å²) in [6.45, 7) is 3.78. The van der Waals surface area contributed by atoms with Crippen LogP contribution in [0.5, 0.6) is 0 Å². The molecule has 2 aliphatic rings. The highest BCUT2D eigenvalue weighted by Crippen LogP contribution is 2.22. The van der Waals surface area contributed by atoms with Crippen LogP contribution in [0, 0.1) is 5.92 Å². The normalized spacial score (nSPS) is 25.2. The zero-order valence-electron chi connectivity index (χ0n) is 28.6. The maximum atomic E-state index is 13.9. The summed E-state index contributed by atoms with van der Waals surface area (Å²) in [6, 6.07) is 8.93. The SMILES string of the molecule is CC(C)C[C@@H]1NC(=O)C[C@H](c2ccccc2)NC(=O)[C@H](C)NC(=O)[C@@H]2C[C@H](NC(=O)Cn3c(=O)oc4ccccc43)CN2C(=O)[C@@H](CO)NC1=O. The fourth-order valence-corrected chi connectivity index (χ4v) is 6.42. The first-order chi connectivity index (χ1) is 24.3. The third-order valence-corrected chi connectivity index (χ3v) is 8.94. The van der Waals surface area contributed by atoms with Gasteiger partial charge in [-0.05, 0) is 43.4 Å². The molecule has 0 saturated carbocycles. The molecular weight excluding hydrogens is 662 g/mol. The van der Waals surface area contributed by atoms with E-state index in [9.17, 15) is 38.7 Å². The molecule has 6 atom stereocenters. The van der Waals surface area contributed by atoms with Crippen molar-refractivity contribution in [3.05, 3.63) is 70.7 Å². The van der Waals surface area contributed by atoms with Crippen LogP contribution in [0.25, 0.3) is 11.1 Å². The molecule has 0 spiro atoms. The number of carbonyl (C=O) groups excluding carboxylic acids is 6. The van der Waals surface area contributed by atoms with Gasteiger partial charge in [-0.3, -0.25) is 33.3 Å². The molecule has 3 aromatic rings. The van der Waals surface area contributed by atoms with Crippen molar-refractivity contribution in [3.63, 3.8) is 0 Å². The number of aliphatic hydroxyl groups is 1. The van der Waals surface area contributed by atoms with E-state index < -0.39 is 90.6 Å². The Balaban J connectivity index is 1.41. The molecular formula is C35H43N7O9. The van der Waals surface area contributed by atoms with E-state index in [1.54, 1.807) is 54.6 Å². The van der Waals surface area contributed by atoms with Crippen molar-refractivity contribution in [3.8, 4) is 0 Å².